The van der Waals surface area contributed by atoms with Gasteiger partial charge in [0.05, 0.1) is 5.60 Å². The van der Waals surface area contributed by atoms with Crippen LogP contribution >= 0.6 is 11.8 Å². The van der Waals surface area contributed by atoms with Gasteiger partial charge in [0.1, 0.15) is 0 Å². The zero-order chi connectivity index (χ0) is 10.6. The third-order valence-electron chi connectivity index (χ3n) is 3.76. The van der Waals surface area contributed by atoms with E-state index in [-0.39, 0.29) is 5.60 Å². The first kappa shape index (κ1) is 11.7. The Morgan fingerprint density at radius 3 is 2.53 bits per heavy atom. The number of rotatable bonds is 4. The molecule has 1 saturated carbocycles. The van der Waals surface area contributed by atoms with Crippen molar-refractivity contribution in [3.8, 4) is 0 Å². The first-order valence-electron chi connectivity index (χ1n) is 6.29. The van der Waals surface area contributed by atoms with Crippen molar-refractivity contribution in [2.75, 3.05) is 24.6 Å². The minimum absolute atomic E-state index is 0.372. The molecule has 0 amide bonds. The van der Waals surface area contributed by atoms with E-state index in [9.17, 15) is 5.11 Å². The molecule has 3 heteroatoms. The van der Waals surface area contributed by atoms with Crippen LogP contribution in [-0.4, -0.2) is 35.3 Å². The van der Waals surface area contributed by atoms with Crippen LogP contribution in [0.1, 0.15) is 38.5 Å². The highest BCUT2D eigenvalue weighted by molar-refractivity contribution is 7.99. The Morgan fingerprint density at radius 1 is 1.20 bits per heavy atom. The Kier molecular flexibility index (Phi) is 4.35. The molecular weight excluding hydrogens is 206 g/mol. The topological polar surface area (TPSA) is 32.3 Å². The van der Waals surface area contributed by atoms with Crippen LogP contribution in [0.4, 0.5) is 0 Å². The summed E-state index contributed by atoms with van der Waals surface area (Å²) in [7, 11) is 0. The first-order chi connectivity index (χ1) is 7.29. The van der Waals surface area contributed by atoms with Crippen LogP contribution in [0.2, 0.25) is 0 Å². The quantitative estimate of drug-likeness (QED) is 0.773. The smallest absolute Gasteiger partial charge is 0.0771 e. The van der Waals surface area contributed by atoms with Crippen molar-refractivity contribution in [2.24, 2.45) is 5.92 Å². The van der Waals surface area contributed by atoms with Gasteiger partial charge in [0.2, 0.25) is 0 Å². The lowest BCUT2D eigenvalue weighted by Crippen LogP contribution is -2.40. The second kappa shape index (κ2) is 5.55. The van der Waals surface area contributed by atoms with Crippen molar-refractivity contribution in [2.45, 2.75) is 44.1 Å². The predicted octanol–water partition coefficient (Wildman–Crippen LogP) is 2.02. The number of hydrogen-bond acceptors (Lipinski definition) is 3. The third kappa shape index (κ3) is 3.65. The largest absolute Gasteiger partial charge is 0.389 e. The van der Waals surface area contributed by atoms with Gasteiger partial charge in [-0.1, -0.05) is 12.8 Å². The maximum absolute atomic E-state index is 10.2. The molecule has 0 bridgehead atoms. The molecule has 2 nitrogen and oxygen atoms in total. The van der Waals surface area contributed by atoms with Crippen LogP contribution in [0, 0.1) is 5.92 Å². The maximum Gasteiger partial charge on any atom is 0.0771 e. The number of nitrogens with one attached hydrogen (secondary N) is 1. The molecule has 0 unspecified atom stereocenters. The van der Waals surface area contributed by atoms with Gasteiger partial charge in [-0.15, -0.1) is 0 Å². The number of hydrogen-bond donors (Lipinski definition) is 2. The summed E-state index contributed by atoms with van der Waals surface area (Å²) >= 11 is 2.08. The van der Waals surface area contributed by atoms with Crippen LogP contribution < -0.4 is 5.32 Å². The summed E-state index contributed by atoms with van der Waals surface area (Å²) in [6.07, 6.45) is 7.13. The molecule has 0 atom stereocenters. The molecule has 2 aliphatic rings. The van der Waals surface area contributed by atoms with Gasteiger partial charge in [-0.05, 0) is 49.7 Å². The van der Waals surface area contributed by atoms with E-state index in [1.807, 2.05) is 0 Å². The van der Waals surface area contributed by atoms with Gasteiger partial charge in [0.15, 0.2) is 0 Å². The molecule has 15 heavy (non-hydrogen) atoms. The molecule has 0 aromatic heterocycles. The van der Waals surface area contributed by atoms with Crippen molar-refractivity contribution in [1.82, 2.24) is 5.32 Å². The van der Waals surface area contributed by atoms with E-state index in [1.165, 1.54) is 37.2 Å². The minimum Gasteiger partial charge on any atom is -0.389 e. The molecule has 1 heterocycles. The van der Waals surface area contributed by atoms with E-state index in [0.717, 1.165) is 31.8 Å². The normalized spacial score (nSPS) is 27.0. The molecule has 1 aliphatic heterocycles. The van der Waals surface area contributed by atoms with Gasteiger partial charge in [-0.3, -0.25) is 0 Å². The molecule has 0 spiro atoms. The number of aliphatic hydroxyl groups is 1. The molecule has 2 N–H and O–H groups in total. The zero-order valence-corrected chi connectivity index (χ0v) is 10.3. The second-order valence-electron chi connectivity index (χ2n) is 5.12. The van der Waals surface area contributed by atoms with E-state index in [1.54, 1.807) is 0 Å². The van der Waals surface area contributed by atoms with Gasteiger partial charge in [0, 0.05) is 6.54 Å². The van der Waals surface area contributed by atoms with Gasteiger partial charge < -0.3 is 10.4 Å². The summed E-state index contributed by atoms with van der Waals surface area (Å²) in [6.45, 7) is 1.93. The molecule has 2 fully saturated rings. The van der Waals surface area contributed by atoms with Crippen molar-refractivity contribution in [3.63, 3.8) is 0 Å². The van der Waals surface area contributed by atoms with Gasteiger partial charge in [0.25, 0.3) is 0 Å². The average molecular weight is 229 g/mol. The summed E-state index contributed by atoms with van der Waals surface area (Å²) in [5, 5.41) is 13.6. The highest BCUT2D eigenvalue weighted by Gasteiger charge is 2.30. The van der Waals surface area contributed by atoms with E-state index in [0.29, 0.717) is 0 Å². The Bertz CT molecular complexity index is 186. The molecule has 0 aromatic rings. The monoisotopic (exact) mass is 229 g/mol. The van der Waals surface area contributed by atoms with Crippen LogP contribution in [0.3, 0.4) is 0 Å². The van der Waals surface area contributed by atoms with Gasteiger partial charge in [-0.25, -0.2) is 0 Å². The third-order valence-corrected chi connectivity index (χ3v) is 4.81. The summed E-state index contributed by atoms with van der Waals surface area (Å²) < 4.78 is 0. The van der Waals surface area contributed by atoms with E-state index >= 15 is 0 Å². The standard InChI is InChI=1S/C12H23NOS/c14-12(5-1-2-6-12)10-13-9-11-3-7-15-8-4-11/h11,13-14H,1-10H2. The van der Waals surface area contributed by atoms with E-state index < -0.39 is 0 Å². The maximum atomic E-state index is 10.2. The first-order valence-corrected chi connectivity index (χ1v) is 7.45. The molecule has 1 aliphatic carbocycles. The fraction of sp³-hybridized carbons (Fsp3) is 1.00. The van der Waals surface area contributed by atoms with Crippen molar-refractivity contribution in [1.29, 1.82) is 0 Å². The van der Waals surface area contributed by atoms with E-state index in [2.05, 4.69) is 17.1 Å². The second-order valence-corrected chi connectivity index (χ2v) is 6.34. The SMILES string of the molecule is OC1(CNCC2CCSCC2)CCCC1. The molecule has 2 rings (SSSR count). The molecule has 1 saturated heterocycles. The Balaban J connectivity index is 1.61. The minimum atomic E-state index is -0.372. The molecule has 88 valence electrons. The summed E-state index contributed by atoms with van der Waals surface area (Å²) in [4.78, 5) is 0. The molecular formula is C12H23NOS. The van der Waals surface area contributed by atoms with Crippen molar-refractivity contribution >= 4 is 11.8 Å². The highest BCUT2D eigenvalue weighted by Crippen LogP contribution is 2.29. The average Bonchev–Trinajstić information content (AvgIpc) is 2.67. The van der Waals surface area contributed by atoms with Crippen LogP contribution in [0.15, 0.2) is 0 Å². The Hall–Kier alpha value is 0.270. The highest BCUT2D eigenvalue weighted by atomic mass is 32.2. The van der Waals surface area contributed by atoms with Gasteiger partial charge in [-0.2, -0.15) is 11.8 Å². The fourth-order valence-corrected chi connectivity index (χ4v) is 3.87. The summed E-state index contributed by atoms with van der Waals surface area (Å²) in [5.41, 5.74) is -0.372. The van der Waals surface area contributed by atoms with Crippen LogP contribution in [0.5, 0.6) is 0 Å². The predicted molar refractivity (Wildman–Crippen MR) is 66.3 cm³/mol. The Morgan fingerprint density at radius 2 is 1.87 bits per heavy atom. The zero-order valence-electron chi connectivity index (χ0n) is 9.50. The van der Waals surface area contributed by atoms with Crippen LogP contribution in [0.25, 0.3) is 0 Å². The summed E-state index contributed by atoms with van der Waals surface area (Å²) in [5.74, 6) is 3.52. The number of thioether (sulfide) groups is 1. The lowest BCUT2D eigenvalue weighted by atomic mass is 10.0. The van der Waals surface area contributed by atoms with Crippen molar-refractivity contribution in [3.05, 3.63) is 0 Å². The van der Waals surface area contributed by atoms with Gasteiger partial charge >= 0.3 is 0 Å². The van der Waals surface area contributed by atoms with Crippen molar-refractivity contribution < 1.29 is 5.11 Å². The van der Waals surface area contributed by atoms with Crippen LogP contribution in [-0.2, 0) is 0 Å². The Labute approximate surface area is 97.2 Å². The van der Waals surface area contributed by atoms with E-state index in [4.69, 9.17) is 0 Å². The molecule has 0 radical (unpaired) electrons. The lowest BCUT2D eigenvalue weighted by Gasteiger charge is -2.26. The summed E-state index contributed by atoms with van der Waals surface area (Å²) in [6, 6.07) is 0. The fourth-order valence-electron chi connectivity index (χ4n) is 2.67. The molecule has 0 aromatic carbocycles. The lowest BCUT2D eigenvalue weighted by molar-refractivity contribution is 0.0468.